The summed E-state index contributed by atoms with van der Waals surface area (Å²) in [5, 5.41) is 4.18. The summed E-state index contributed by atoms with van der Waals surface area (Å²) < 4.78 is 28.9. The van der Waals surface area contributed by atoms with Crippen molar-refractivity contribution < 1.29 is 8.42 Å². The van der Waals surface area contributed by atoms with Crippen molar-refractivity contribution in [3.8, 4) is 0 Å². The van der Waals surface area contributed by atoms with Gasteiger partial charge in [0.25, 0.3) is 10.0 Å². The van der Waals surface area contributed by atoms with Gasteiger partial charge in [-0.25, -0.2) is 13.1 Å². The Bertz CT molecular complexity index is 861. The third kappa shape index (κ3) is 3.75. The first kappa shape index (κ1) is 15.2. The van der Waals surface area contributed by atoms with Gasteiger partial charge in [0.05, 0.1) is 6.20 Å². The fraction of sp³-hybridized carbons (Fsp3) is 0.125. The summed E-state index contributed by atoms with van der Waals surface area (Å²) in [7, 11) is -3.66. The lowest BCUT2D eigenvalue weighted by atomic mass is 10.1. The Morgan fingerprint density at radius 3 is 2.57 bits per heavy atom. The monoisotopic (exact) mass is 328 g/mol. The molecule has 118 valence electrons. The average Bonchev–Trinajstić information content (AvgIpc) is 3.01. The molecule has 0 saturated heterocycles. The molecule has 1 N–H and O–H groups in total. The first-order valence-electron chi connectivity index (χ1n) is 7.14. The van der Waals surface area contributed by atoms with Crippen LogP contribution in [-0.2, 0) is 23.0 Å². The van der Waals surface area contributed by atoms with Gasteiger partial charge in [0.15, 0.2) is 0 Å². The van der Waals surface area contributed by atoms with Crippen LogP contribution in [0, 0.1) is 0 Å². The predicted molar refractivity (Wildman–Crippen MR) is 87.4 cm³/mol. The van der Waals surface area contributed by atoms with Crippen molar-refractivity contribution in [3.05, 3.63) is 72.7 Å². The molecule has 7 heteroatoms. The molecule has 0 aliphatic rings. The van der Waals surface area contributed by atoms with Crippen LogP contribution in [0.3, 0.4) is 0 Å². The molecule has 0 aliphatic carbocycles. The zero-order valence-electron chi connectivity index (χ0n) is 12.3. The van der Waals surface area contributed by atoms with Crippen LogP contribution < -0.4 is 4.72 Å². The largest absolute Gasteiger partial charge is 0.264 e. The van der Waals surface area contributed by atoms with E-state index in [0.717, 1.165) is 6.42 Å². The van der Waals surface area contributed by atoms with Gasteiger partial charge in [-0.05, 0) is 24.1 Å². The molecule has 3 aromatic rings. The summed E-state index contributed by atoms with van der Waals surface area (Å²) in [5.41, 5.74) is 1.17. The van der Waals surface area contributed by atoms with E-state index in [-0.39, 0.29) is 4.90 Å². The van der Waals surface area contributed by atoms with Crippen LogP contribution in [0.5, 0.6) is 0 Å². The summed E-state index contributed by atoms with van der Waals surface area (Å²) in [6.07, 6.45) is 5.19. The zero-order chi connectivity index (χ0) is 16.1. The van der Waals surface area contributed by atoms with Gasteiger partial charge in [0, 0.05) is 25.0 Å². The second-order valence-electron chi connectivity index (χ2n) is 4.97. The molecule has 0 atom stereocenters. The first-order valence-corrected chi connectivity index (χ1v) is 8.62. The molecule has 2 aromatic heterocycles. The smallest absolute Gasteiger partial charge is 0.264 e. The molecule has 0 spiro atoms. The van der Waals surface area contributed by atoms with Crippen molar-refractivity contribution in [2.75, 3.05) is 4.72 Å². The Labute approximate surface area is 134 Å². The van der Waals surface area contributed by atoms with E-state index in [0.29, 0.717) is 12.4 Å². The van der Waals surface area contributed by atoms with Gasteiger partial charge in [0.1, 0.15) is 10.7 Å². The summed E-state index contributed by atoms with van der Waals surface area (Å²) >= 11 is 0. The number of aromatic nitrogens is 3. The van der Waals surface area contributed by atoms with Crippen LogP contribution in [0.1, 0.15) is 5.56 Å². The standard InChI is InChI=1S/C16H16N4O2S/c21-23(22,15-7-4-10-17-13-15)19-16-8-11-18-20(16)12-9-14-5-2-1-3-6-14/h1-8,10-11,13,19H,9,12H2. The molecule has 3 rings (SSSR count). The Balaban J connectivity index is 1.74. The maximum absolute atomic E-state index is 12.3. The lowest BCUT2D eigenvalue weighted by molar-refractivity contribution is 0.595. The van der Waals surface area contributed by atoms with E-state index < -0.39 is 10.0 Å². The molecular formula is C16H16N4O2S. The van der Waals surface area contributed by atoms with Crippen LogP contribution in [-0.4, -0.2) is 23.2 Å². The number of benzene rings is 1. The van der Waals surface area contributed by atoms with E-state index in [4.69, 9.17) is 0 Å². The first-order chi connectivity index (χ1) is 11.1. The predicted octanol–water partition coefficient (Wildman–Crippen LogP) is 2.32. The molecule has 1 aromatic carbocycles. The number of nitrogens with one attached hydrogen (secondary N) is 1. The van der Waals surface area contributed by atoms with Gasteiger partial charge in [-0.15, -0.1) is 0 Å². The van der Waals surface area contributed by atoms with Crippen LogP contribution >= 0.6 is 0 Å². The topological polar surface area (TPSA) is 76.9 Å². The zero-order valence-corrected chi connectivity index (χ0v) is 13.1. The number of nitrogens with zero attached hydrogens (tertiary/aromatic N) is 3. The van der Waals surface area contributed by atoms with Crippen molar-refractivity contribution in [1.29, 1.82) is 0 Å². The Morgan fingerprint density at radius 2 is 1.83 bits per heavy atom. The minimum absolute atomic E-state index is 0.121. The second kappa shape index (κ2) is 6.62. The maximum Gasteiger partial charge on any atom is 0.264 e. The molecule has 0 bridgehead atoms. The number of hydrogen-bond donors (Lipinski definition) is 1. The third-order valence-electron chi connectivity index (χ3n) is 3.36. The lowest BCUT2D eigenvalue weighted by Crippen LogP contribution is -2.17. The highest BCUT2D eigenvalue weighted by molar-refractivity contribution is 7.92. The molecule has 0 aliphatic heterocycles. The molecule has 0 saturated carbocycles. The summed E-state index contributed by atoms with van der Waals surface area (Å²) in [5.74, 6) is 0.435. The SMILES string of the molecule is O=S(=O)(Nc1ccnn1CCc1ccccc1)c1cccnc1. The van der Waals surface area contributed by atoms with Gasteiger partial charge < -0.3 is 0 Å². The summed E-state index contributed by atoms with van der Waals surface area (Å²) in [6.45, 7) is 0.585. The molecule has 0 fully saturated rings. The number of aryl methyl sites for hydroxylation is 2. The number of rotatable bonds is 6. The number of pyridine rings is 1. The van der Waals surface area contributed by atoms with Gasteiger partial charge in [-0.1, -0.05) is 30.3 Å². The molecular weight excluding hydrogens is 312 g/mol. The van der Waals surface area contributed by atoms with Gasteiger partial charge >= 0.3 is 0 Å². The minimum atomic E-state index is -3.66. The highest BCUT2D eigenvalue weighted by Crippen LogP contribution is 2.15. The molecule has 0 unspecified atom stereocenters. The van der Waals surface area contributed by atoms with E-state index in [2.05, 4.69) is 14.8 Å². The fourth-order valence-corrected chi connectivity index (χ4v) is 3.20. The van der Waals surface area contributed by atoms with Crippen LogP contribution in [0.25, 0.3) is 0 Å². The second-order valence-corrected chi connectivity index (χ2v) is 6.65. The summed E-state index contributed by atoms with van der Waals surface area (Å²) in [4.78, 5) is 3.96. The number of sulfonamides is 1. The number of anilines is 1. The van der Waals surface area contributed by atoms with Crippen LogP contribution in [0.15, 0.2) is 72.0 Å². The molecule has 6 nitrogen and oxygen atoms in total. The van der Waals surface area contributed by atoms with Crippen molar-refractivity contribution in [2.24, 2.45) is 0 Å². The van der Waals surface area contributed by atoms with E-state index in [1.54, 1.807) is 23.0 Å². The third-order valence-corrected chi connectivity index (χ3v) is 4.70. The Kier molecular flexibility index (Phi) is 4.38. The van der Waals surface area contributed by atoms with Crippen molar-refractivity contribution >= 4 is 15.8 Å². The molecule has 2 heterocycles. The fourth-order valence-electron chi connectivity index (χ4n) is 2.18. The van der Waals surface area contributed by atoms with Crippen molar-refractivity contribution in [1.82, 2.24) is 14.8 Å². The van der Waals surface area contributed by atoms with E-state index >= 15 is 0 Å². The van der Waals surface area contributed by atoms with E-state index in [1.165, 1.54) is 24.0 Å². The van der Waals surface area contributed by atoms with E-state index in [1.807, 2.05) is 30.3 Å². The van der Waals surface area contributed by atoms with Crippen molar-refractivity contribution in [2.45, 2.75) is 17.9 Å². The minimum Gasteiger partial charge on any atom is -0.264 e. The van der Waals surface area contributed by atoms with Crippen molar-refractivity contribution in [3.63, 3.8) is 0 Å². The quantitative estimate of drug-likeness (QED) is 0.753. The van der Waals surface area contributed by atoms with Gasteiger partial charge in [-0.2, -0.15) is 5.10 Å². The molecule has 0 amide bonds. The average molecular weight is 328 g/mol. The Hall–Kier alpha value is -2.67. The maximum atomic E-state index is 12.3. The normalized spacial score (nSPS) is 11.3. The van der Waals surface area contributed by atoms with E-state index in [9.17, 15) is 8.42 Å². The highest BCUT2D eigenvalue weighted by Gasteiger charge is 2.16. The van der Waals surface area contributed by atoms with Gasteiger partial charge in [-0.3, -0.25) is 9.71 Å². The highest BCUT2D eigenvalue weighted by atomic mass is 32.2. The van der Waals surface area contributed by atoms with Gasteiger partial charge in [0.2, 0.25) is 0 Å². The summed E-state index contributed by atoms with van der Waals surface area (Å²) in [6, 6.07) is 14.7. The van der Waals surface area contributed by atoms with Crippen LogP contribution in [0.4, 0.5) is 5.82 Å². The Morgan fingerprint density at radius 1 is 1.00 bits per heavy atom. The number of hydrogen-bond acceptors (Lipinski definition) is 4. The van der Waals surface area contributed by atoms with Crippen LogP contribution in [0.2, 0.25) is 0 Å². The lowest BCUT2D eigenvalue weighted by Gasteiger charge is -2.10. The molecule has 23 heavy (non-hydrogen) atoms. The molecule has 0 radical (unpaired) electrons.